The molecule has 0 radical (unpaired) electrons. The molecule has 0 N–H and O–H groups in total. The molecular weight excluding hydrogens is 1060 g/mol. The van der Waals surface area contributed by atoms with Gasteiger partial charge in [-0.3, -0.25) is 0 Å². The number of alkyl halides is 2. The van der Waals surface area contributed by atoms with Gasteiger partial charge in [-0.15, -0.1) is 16.7 Å². The van der Waals surface area contributed by atoms with Gasteiger partial charge in [-0.1, -0.05) is 30.3 Å². The van der Waals surface area contributed by atoms with E-state index < -0.39 is 0 Å². The molecule has 294 valence electrons. The normalized spacial score (nSPS) is 12.0. The molecule has 0 saturated heterocycles. The van der Waals surface area contributed by atoms with E-state index in [4.69, 9.17) is 14.7 Å². The van der Waals surface area contributed by atoms with Crippen molar-refractivity contribution in [1.82, 2.24) is 18.9 Å². The number of hydrogen-bond donors (Lipinski definition) is 0. The van der Waals surface area contributed by atoms with Crippen LogP contribution in [0.2, 0.25) is 0 Å². The topological polar surface area (TPSA) is 44.3 Å². The second kappa shape index (κ2) is 16.2. The molecule has 0 unspecified atom stereocenters. The first-order valence-electron chi connectivity index (χ1n) is 19.7. The second-order valence-electron chi connectivity index (χ2n) is 14.3. The van der Waals surface area contributed by atoms with Gasteiger partial charge in [-0.05, 0) is 29.7 Å². The van der Waals surface area contributed by atoms with Crippen LogP contribution in [-0.2, 0) is 20.4 Å². The van der Waals surface area contributed by atoms with Gasteiger partial charge in [0.25, 0.3) is 0 Å². The number of pyridine rings is 2. The van der Waals surface area contributed by atoms with Crippen molar-refractivity contribution in [2.45, 2.75) is 26.7 Å². The van der Waals surface area contributed by atoms with Gasteiger partial charge in [-0.25, -0.2) is 4.98 Å². The van der Waals surface area contributed by atoms with Crippen molar-refractivity contribution in [3.8, 4) is 28.6 Å². The molecule has 5 aromatic heterocycles. The molecule has 0 aliphatic carbocycles. The van der Waals surface area contributed by atoms with E-state index in [-0.39, 0.29) is 62.8 Å². The Balaban J connectivity index is 0.00000420. The Morgan fingerprint density at radius 1 is 0.644 bits per heavy atom. The smallest absolute Gasteiger partial charge is 2.00 e. The summed E-state index contributed by atoms with van der Waals surface area (Å²) in [6, 6.07) is 50.8. The minimum Gasteiger partial charge on any atom is 2.00 e. The molecule has 9 heteroatoms. The third-order valence-electron chi connectivity index (χ3n) is 10.7. The summed E-state index contributed by atoms with van der Waals surface area (Å²) in [4.78, 5) is 10.1. The average Bonchev–Trinajstić information content (AvgIpc) is 3.97. The number of aromatic nitrogens is 4. The standard InChI is InChI=1S/C50H36I2N4OS.Pd/c1-3-25-51-39-14-11-15-40(52-26-4-2)48(39)43-30-54-50-38-28-31(19-21-33(38)34-12-5-7-16-41(34)55(43)50)57-32-20-22-35-36-23-24-45-47(37-13-6-8-17-44(37)58-45)49(36)56(42(35)29-32)46-18-9-10-27-53-46;/h5-24,27,30H,3-4,25-26H2,1-2H3;/q-4;+2. The summed E-state index contributed by atoms with van der Waals surface area (Å²) in [5, 5.41) is 8.00. The molecule has 5 heterocycles. The fraction of sp³-hybridized carbons (Fsp3) is 0.120. The summed E-state index contributed by atoms with van der Waals surface area (Å²) >= 11 is 1.59. The van der Waals surface area contributed by atoms with Crippen LogP contribution in [0.15, 0.2) is 134 Å². The predicted octanol–water partition coefficient (Wildman–Crippen LogP) is 6.90. The zero-order valence-electron chi connectivity index (χ0n) is 32.2. The number of ether oxygens (including phenoxy) is 1. The predicted molar refractivity (Wildman–Crippen MR) is 233 cm³/mol. The zero-order chi connectivity index (χ0) is 38.7. The van der Waals surface area contributed by atoms with E-state index in [1.165, 1.54) is 71.0 Å². The van der Waals surface area contributed by atoms with E-state index >= 15 is 0 Å². The molecule has 6 aromatic carbocycles. The van der Waals surface area contributed by atoms with Crippen molar-refractivity contribution in [1.29, 1.82) is 0 Å². The van der Waals surface area contributed by atoms with Crippen LogP contribution in [0, 0.1) is 19.3 Å². The summed E-state index contributed by atoms with van der Waals surface area (Å²) in [6.45, 7) is 4.60. The average molecular weight is 1100 g/mol. The number of hydrogen-bond acceptors (Lipinski definition) is 4. The van der Waals surface area contributed by atoms with Crippen molar-refractivity contribution < 1.29 is 67.6 Å². The van der Waals surface area contributed by atoms with Crippen LogP contribution >= 0.6 is 11.3 Å². The molecule has 11 rings (SSSR count). The van der Waals surface area contributed by atoms with Gasteiger partial charge in [-0.2, -0.15) is 0 Å². The molecule has 0 bridgehead atoms. The largest absolute Gasteiger partial charge is 2.00 e. The number of nitrogens with zero attached hydrogens (tertiary/aromatic N) is 4. The Morgan fingerprint density at radius 3 is 2.14 bits per heavy atom. The third kappa shape index (κ3) is 6.56. The number of para-hydroxylation sites is 1. The molecular formula is C50H36I2N4OPdS-2. The van der Waals surface area contributed by atoms with E-state index in [9.17, 15) is 0 Å². The van der Waals surface area contributed by atoms with E-state index in [1.54, 1.807) is 0 Å². The number of thiophene rings is 1. The summed E-state index contributed by atoms with van der Waals surface area (Å²) in [7, 11) is 0. The second-order valence-corrected chi connectivity index (χ2v) is 21.4. The first-order valence-corrected chi connectivity index (χ1v) is 25.7. The maximum Gasteiger partial charge on any atom is 2.00 e. The monoisotopic (exact) mass is 1100 g/mol. The Bertz CT molecular complexity index is 3350. The zero-order valence-corrected chi connectivity index (χ0v) is 38.9. The molecule has 0 fully saturated rings. The molecule has 11 aromatic rings. The first kappa shape index (κ1) is 38.8. The number of benzene rings is 6. The van der Waals surface area contributed by atoms with Gasteiger partial charge in [0, 0.05) is 26.4 Å². The van der Waals surface area contributed by atoms with Gasteiger partial charge in [0.15, 0.2) is 0 Å². The van der Waals surface area contributed by atoms with Crippen LogP contribution in [0.3, 0.4) is 0 Å². The van der Waals surface area contributed by atoms with Gasteiger partial charge in [0.1, 0.15) is 5.82 Å². The van der Waals surface area contributed by atoms with Crippen LogP contribution in [0.4, 0.5) is 0 Å². The van der Waals surface area contributed by atoms with Crippen molar-refractivity contribution in [2.24, 2.45) is 0 Å². The minimum absolute atomic E-state index is 0. The van der Waals surface area contributed by atoms with Crippen LogP contribution in [0.5, 0.6) is 11.5 Å². The molecule has 5 nitrogen and oxygen atoms in total. The van der Waals surface area contributed by atoms with Gasteiger partial charge < -0.3 is 4.57 Å². The van der Waals surface area contributed by atoms with Gasteiger partial charge in [0.2, 0.25) is 0 Å². The molecule has 59 heavy (non-hydrogen) atoms. The molecule has 0 spiro atoms. The Labute approximate surface area is 380 Å². The Hall–Kier alpha value is -4.38. The van der Waals surface area contributed by atoms with Crippen LogP contribution in [0.1, 0.15) is 26.7 Å². The van der Waals surface area contributed by atoms with Crippen molar-refractivity contribution in [2.75, 3.05) is 8.86 Å². The maximum absolute atomic E-state index is 6.73. The fourth-order valence-corrected chi connectivity index (χ4v) is 14.9. The fourth-order valence-electron chi connectivity index (χ4n) is 8.25. The van der Waals surface area contributed by atoms with E-state index in [2.05, 4.69) is 138 Å². The van der Waals surface area contributed by atoms with E-state index in [1.807, 2.05) is 41.8 Å². The summed E-state index contributed by atoms with van der Waals surface area (Å²) in [5.41, 5.74) is 6.74. The molecule has 0 amide bonds. The summed E-state index contributed by atoms with van der Waals surface area (Å²) in [6.07, 6.45) is 6.39. The van der Waals surface area contributed by atoms with Gasteiger partial charge >= 0.3 is 260 Å². The van der Waals surface area contributed by atoms with Crippen LogP contribution in [0.25, 0.3) is 86.4 Å². The summed E-state index contributed by atoms with van der Waals surface area (Å²) < 4.78 is 19.5. The quantitative estimate of drug-likeness (QED) is 0.0493. The molecule has 0 aliphatic rings. The van der Waals surface area contributed by atoms with Crippen LogP contribution in [-0.4, -0.2) is 27.8 Å². The van der Waals surface area contributed by atoms with Crippen molar-refractivity contribution in [3.63, 3.8) is 0 Å². The maximum atomic E-state index is 6.73. The SMILES string of the molecule is CCC[I-]c1cccc([I-]CCC)c1-c1cnc2c3[c-]c(Oc4[c-]c5c(cc4)c4ccc6sc7ccccc7c6c4n5-c4ccccn4)ccc3c3ccccc3n12.[Pd+2]. The van der Waals surface area contributed by atoms with E-state index in [0.717, 1.165) is 44.2 Å². The Morgan fingerprint density at radius 2 is 1.36 bits per heavy atom. The number of halogens is 2. The minimum atomic E-state index is -0.117. The molecule has 0 saturated carbocycles. The number of fused-ring (bicyclic) bond motifs is 13. The number of imidazole rings is 1. The summed E-state index contributed by atoms with van der Waals surface area (Å²) in [5.74, 6) is 2.09. The van der Waals surface area contributed by atoms with Crippen molar-refractivity contribution in [3.05, 3.63) is 153 Å². The Kier molecular flexibility index (Phi) is 10.7. The third-order valence-corrected chi connectivity index (χ3v) is 18.5. The number of rotatable bonds is 10. The molecule has 0 atom stereocenters. The van der Waals surface area contributed by atoms with Crippen LogP contribution < -0.4 is 47.1 Å². The first-order chi connectivity index (χ1) is 28.7. The molecule has 0 aliphatic heterocycles. The van der Waals surface area contributed by atoms with Gasteiger partial charge in [0.05, 0.1) is 5.52 Å². The van der Waals surface area contributed by atoms with E-state index in [0.29, 0.717) is 11.5 Å². The van der Waals surface area contributed by atoms with Crippen molar-refractivity contribution >= 4 is 80.6 Å².